The first-order valence-electron chi connectivity index (χ1n) is 7.24. The van der Waals surface area contributed by atoms with Gasteiger partial charge in [0.1, 0.15) is 0 Å². The van der Waals surface area contributed by atoms with E-state index in [0.717, 1.165) is 35.8 Å². The highest BCUT2D eigenvalue weighted by Crippen LogP contribution is 2.34. The second-order valence-corrected chi connectivity index (χ2v) is 6.07. The van der Waals surface area contributed by atoms with E-state index in [1.54, 1.807) is 11.8 Å². The molecule has 0 fully saturated rings. The third-order valence-corrected chi connectivity index (χ3v) is 4.43. The number of fused-ring (bicyclic) bond motifs is 1. The van der Waals surface area contributed by atoms with E-state index in [0.29, 0.717) is 5.75 Å². The number of nitrogens with one attached hydrogen (secondary N) is 1. The average molecular weight is 313 g/mol. The Hall–Kier alpha value is -0.950. The molecule has 3 N–H and O–H groups in total. The fourth-order valence-corrected chi connectivity index (χ4v) is 3.16. The Balaban J connectivity index is 1.97. The molecule has 0 aromatic heterocycles. The Bertz CT molecular complexity index is 444. The summed E-state index contributed by atoms with van der Waals surface area (Å²) in [6.45, 7) is 3.15. The predicted molar refractivity (Wildman–Crippen MR) is 84.0 cm³/mol. The van der Waals surface area contributed by atoms with Gasteiger partial charge in [-0.25, -0.2) is 0 Å². The fraction of sp³-hybridized carbons (Fsp3) is 0.600. The highest BCUT2D eigenvalue weighted by molar-refractivity contribution is 7.99. The highest BCUT2D eigenvalue weighted by atomic mass is 32.2. The average Bonchev–Trinajstić information content (AvgIpc) is 2.97. The minimum Gasteiger partial charge on any atom is -0.454 e. The summed E-state index contributed by atoms with van der Waals surface area (Å²) >= 11 is 1.63. The van der Waals surface area contributed by atoms with Crippen LogP contribution in [-0.4, -0.2) is 47.8 Å². The number of thioether (sulfide) groups is 1. The van der Waals surface area contributed by atoms with Crippen molar-refractivity contribution in [3.63, 3.8) is 0 Å². The molecule has 0 saturated carbocycles. The Kier molecular flexibility index (Phi) is 6.63. The molecule has 1 heterocycles. The van der Waals surface area contributed by atoms with Crippen LogP contribution in [0, 0.1) is 0 Å². The maximum Gasteiger partial charge on any atom is 0.231 e. The summed E-state index contributed by atoms with van der Waals surface area (Å²) in [7, 11) is 0. The van der Waals surface area contributed by atoms with E-state index < -0.39 is 6.10 Å². The molecule has 0 radical (unpaired) electrons. The van der Waals surface area contributed by atoms with Crippen molar-refractivity contribution >= 4 is 11.8 Å². The summed E-state index contributed by atoms with van der Waals surface area (Å²) in [5.41, 5.74) is 1.15. The second-order valence-electron chi connectivity index (χ2n) is 4.99. The van der Waals surface area contributed by atoms with Crippen LogP contribution in [0.25, 0.3) is 0 Å². The quantitative estimate of drug-likeness (QED) is 0.642. The molecular formula is C15H23NO4S. The largest absolute Gasteiger partial charge is 0.454 e. The lowest BCUT2D eigenvalue weighted by atomic mass is 10.1. The van der Waals surface area contributed by atoms with Gasteiger partial charge >= 0.3 is 0 Å². The van der Waals surface area contributed by atoms with Gasteiger partial charge in [-0.05, 0) is 30.7 Å². The molecule has 1 aliphatic rings. The monoisotopic (exact) mass is 313 g/mol. The summed E-state index contributed by atoms with van der Waals surface area (Å²) in [5.74, 6) is 2.94. The standard InChI is InChI=1S/C15H23NO4S/c1-2-5-16-13(9-21-8-12(18)7-17)11-3-4-14-15(6-11)20-10-19-14/h3-4,6,12-13,16-18H,2,5,7-10H2,1H3. The summed E-state index contributed by atoms with van der Waals surface area (Å²) < 4.78 is 10.8. The molecule has 1 aliphatic heterocycles. The number of aliphatic hydroxyl groups excluding tert-OH is 2. The first-order chi connectivity index (χ1) is 10.2. The SMILES string of the molecule is CCCNC(CSCC(O)CO)c1ccc2c(c1)OCO2. The molecule has 21 heavy (non-hydrogen) atoms. The predicted octanol–water partition coefficient (Wildman–Crippen LogP) is 1.54. The molecule has 6 heteroatoms. The maximum absolute atomic E-state index is 9.42. The summed E-state index contributed by atoms with van der Waals surface area (Å²) in [4.78, 5) is 0. The first-order valence-corrected chi connectivity index (χ1v) is 8.39. The summed E-state index contributed by atoms with van der Waals surface area (Å²) in [6, 6.07) is 6.18. The van der Waals surface area contributed by atoms with Crippen LogP contribution in [-0.2, 0) is 0 Å². The molecule has 2 unspecified atom stereocenters. The van der Waals surface area contributed by atoms with Crippen molar-refractivity contribution in [1.82, 2.24) is 5.32 Å². The molecular weight excluding hydrogens is 290 g/mol. The van der Waals surface area contributed by atoms with E-state index in [4.69, 9.17) is 14.6 Å². The van der Waals surface area contributed by atoms with Gasteiger partial charge in [0.05, 0.1) is 12.7 Å². The molecule has 1 aromatic carbocycles. The topological polar surface area (TPSA) is 71.0 Å². The van der Waals surface area contributed by atoms with Gasteiger partial charge in [0.15, 0.2) is 11.5 Å². The van der Waals surface area contributed by atoms with Crippen LogP contribution >= 0.6 is 11.8 Å². The van der Waals surface area contributed by atoms with E-state index in [2.05, 4.69) is 12.2 Å². The zero-order chi connectivity index (χ0) is 15.1. The van der Waals surface area contributed by atoms with Crippen molar-refractivity contribution < 1.29 is 19.7 Å². The minimum atomic E-state index is -0.654. The van der Waals surface area contributed by atoms with Gasteiger partial charge < -0.3 is 25.0 Å². The summed E-state index contributed by atoms with van der Waals surface area (Å²) in [5, 5.41) is 21.8. The lowest BCUT2D eigenvalue weighted by Crippen LogP contribution is -2.25. The lowest BCUT2D eigenvalue weighted by Gasteiger charge is -2.19. The summed E-state index contributed by atoms with van der Waals surface area (Å²) in [6.07, 6.45) is 0.406. The molecule has 0 saturated heterocycles. The van der Waals surface area contributed by atoms with Crippen LogP contribution in [0.15, 0.2) is 18.2 Å². The molecule has 0 bridgehead atoms. The third kappa shape index (κ3) is 4.78. The van der Waals surface area contributed by atoms with Gasteiger partial charge in [-0.3, -0.25) is 0 Å². The maximum atomic E-state index is 9.42. The second kappa shape index (κ2) is 8.48. The van der Waals surface area contributed by atoms with Crippen LogP contribution in [0.5, 0.6) is 11.5 Å². The zero-order valence-corrected chi connectivity index (χ0v) is 13.1. The number of rotatable bonds is 9. The van der Waals surface area contributed by atoms with E-state index >= 15 is 0 Å². The molecule has 0 spiro atoms. The van der Waals surface area contributed by atoms with Gasteiger partial charge in [-0.15, -0.1) is 0 Å². The van der Waals surface area contributed by atoms with Crippen molar-refractivity contribution in [2.75, 3.05) is 31.5 Å². The number of ether oxygens (including phenoxy) is 2. The molecule has 0 amide bonds. The van der Waals surface area contributed by atoms with Crippen LogP contribution < -0.4 is 14.8 Å². The van der Waals surface area contributed by atoms with Crippen LogP contribution in [0.1, 0.15) is 24.9 Å². The van der Waals surface area contributed by atoms with Crippen molar-refractivity contribution in [1.29, 1.82) is 0 Å². The Labute approximate surface area is 129 Å². The van der Waals surface area contributed by atoms with Gasteiger partial charge in [0.25, 0.3) is 0 Å². The van der Waals surface area contributed by atoms with Crippen molar-refractivity contribution in [3.8, 4) is 11.5 Å². The zero-order valence-electron chi connectivity index (χ0n) is 12.2. The normalized spacial score (nSPS) is 16.0. The Morgan fingerprint density at radius 1 is 1.29 bits per heavy atom. The molecule has 118 valence electrons. The van der Waals surface area contributed by atoms with Gasteiger partial charge in [0, 0.05) is 17.5 Å². The molecule has 1 aromatic rings. The number of benzene rings is 1. The number of aliphatic hydroxyl groups is 2. The highest BCUT2D eigenvalue weighted by Gasteiger charge is 2.18. The van der Waals surface area contributed by atoms with E-state index in [9.17, 15) is 5.11 Å². The smallest absolute Gasteiger partial charge is 0.231 e. The minimum absolute atomic E-state index is 0.190. The Morgan fingerprint density at radius 3 is 2.86 bits per heavy atom. The van der Waals surface area contributed by atoms with Crippen LogP contribution in [0.3, 0.4) is 0 Å². The van der Waals surface area contributed by atoms with Crippen molar-refractivity contribution in [2.24, 2.45) is 0 Å². The van der Waals surface area contributed by atoms with Gasteiger partial charge in [0.2, 0.25) is 6.79 Å². The van der Waals surface area contributed by atoms with Gasteiger partial charge in [-0.2, -0.15) is 11.8 Å². The van der Waals surface area contributed by atoms with E-state index in [-0.39, 0.29) is 19.4 Å². The molecule has 5 nitrogen and oxygen atoms in total. The molecule has 0 aliphatic carbocycles. The third-order valence-electron chi connectivity index (χ3n) is 3.25. The van der Waals surface area contributed by atoms with Crippen LogP contribution in [0.4, 0.5) is 0 Å². The first kappa shape index (κ1) is 16.4. The van der Waals surface area contributed by atoms with Crippen molar-refractivity contribution in [3.05, 3.63) is 23.8 Å². The molecule has 2 atom stereocenters. The van der Waals surface area contributed by atoms with Gasteiger partial charge in [-0.1, -0.05) is 13.0 Å². The van der Waals surface area contributed by atoms with Crippen LogP contribution in [0.2, 0.25) is 0 Å². The number of hydrogen-bond donors (Lipinski definition) is 3. The lowest BCUT2D eigenvalue weighted by molar-refractivity contribution is 0.113. The fourth-order valence-electron chi connectivity index (χ4n) is 2.10. The van der Waals surface area contributed by atoms with Crippen molar-refractivity contribution in [2.45, 2.75) is 25.5 Å². The number of hydrogen-bond acceptors (Lipinski definition) is 6. The molecule has 2 rings (SSSR count). The van der Waals surface area contributed by atoms with E-state index in [1.807, 2.05) is 18.2 Å². The van der Waals surface area contributed by atoms with E-state index in [1.165, 1.54) is 0 Å². The Morgan fingerprint density at radius 2 is 2.10 bits per heavy atom.